The molecule has 1 saturated heterocycles. The topological polar surface area (TPSA) is 61.2 Å². The number of ether oxygens (including phenoxy) is 1. The van der Waals surface area contributed by atoms with Crippen LogP contribution in [0.4, 0.5) is 5.69 Å². The van der Waals surface area contributed by atoms with Gasteiger partial charge >= 0.3 is 0 Å². The molecule has 1 unspecified atom stereocenters. The van der Waals surface area contributed by atoms with Crippen LogP contribution in [0.2, 0.25) is 0 Å². The van der Waals surface area contributed by atoms with Gasteiger partial charge in [-0.1, -0.05) is 12.1 Å². The Hall–Kier alpha value is -2.58. The Morgan fingerprint density at radius 3 is 2.73 bits per heavy atom. The molecule has 2 aromatic rings. The third kappa shape index (κ3) is 3.97. The van der Waals surface area contributed by atoms with Crippen molar-refractivity contribution in [2.45, 2.75) is 32.7 Å². The molecule has 1 aliphatic rings. The minimum Gasteiger partial charge on any atom is -0.497 e. The fraction of sp³-hybridized carbons (Fsp3) is 0.429. The second-order valence-electron chi connectivity index (χ2n) is 6.80. The van der Waals surface area contributed by atoms with E-state index in [0.717, 1.165) is 42.5 Å². The summed E-state index contributed by atoms with van der Waals surface area (Å²) in [5, 5.41) is 13.0. The van der Waals surface area contributed by atoms with Gasteiger partial charge in [-0.25, -0.2) is 0 Å². The molecule has 0 spiro atoms. The van der Waals surface area contributed by atoms with Crippen LogP contribution >= 0.6 is 0 Å². The van der Waals surface area contributed by atoms with E-state index in [1.165, 1.54) is 18.4 Å². The van der Waals surface area contributed by atoms with E-state index in [0.29, 0.717) is 5.56 Å². The van der Waals surface area contributed by atoms with E-state index >= 15 is 0 Å². The highest BCUT2D eigenvalue weighted by molar-refractivity contribution is 5.60. The van der Waals surface area contributed by atoms with E-state index in [1.807, 2.05) is 32.0 Å². The van der Waals surface area contributed by atoms with Crippen molar-refractivity contribution in [2.75, 3.05) is 32.1 Å². The van der Waals surface area contributed by atoms with Crippen molar-refractivity contribution in [1.82, 2.24) is 9.88 Å². The third-order valence-corrected chi connectivity index (χ3v) is 4.99. The van der Waals surface area contributed by atoms with E-state index in [1.54, 1.807) is 7.11 Å². The Labute approximate surface area is 155 Å². The molecule has 1 fully saturated rings. The Kier molecular flexibility index (Phi) is 5.75. The SMILES string of the molecule is COc1cccc(C(CNc2cc(C)nc(C)c2C#N)N2CCCC2)c1. The first kappa shape index (κ1) is 18.2. The van der Waals surface area contributed by atoms with Crippen LogP contribution < -0.4 is 10.1 Å². The predicted octanol–water partition coefficient (Wildman–Crippen LogP) is 3.83. The summed E-state index contributed by atoms with van der Waals surface area (Å²) in [4.78, 5) is 6.91. The summed E-state index contributed by atoms with van der Waals surface area (Å²) in [6.45, 7) is 6.78. The number of rotatable bonds is 6. The van der Waals surface area contributed by atoms with Gasteiger partial charge in [0.25, 0.3) is 0 Å². The second kappa shape index (κ2) is 8.20. The maximum absolute atomic E-state index is 9.50. The predicted molar refractivity (Wildman–Crippen MR) is 103 cm³/mol. The number of aryl methyl sites for hydroxylation is 2. The lowest BCUT2D eigenvalue weighted by molar-refractivity contribution is 0.255. The Bertz CT molecular complexity index is 806. The van der Waals surface area contributed by atoms with Crippen molar-refractivity contribution >= 4 is 5.69 Å². The molecule has 0 saturated carbocycles. The van der Waals surface area contributed by atoms with E-state index in [-0.39, 0.29) is 6.04 Å². The highest BCUT2D eigenvalue weighted by Gasteiger charge is 2.24. The number of methoxy groups -OCH3 is 1. The molecule has 0 radical (unpaired) electrons. The summed E-state index contributed by atoms with van der Waals surface area (Å²) in [7, 11) is 1.70. The second-order valence-corrected chi connectivity index (χ2v) is 6.80. The van der Waals surface area contributed by atoms with Crippen molar-refractivity contribution in [3.63, 3.8) is 0 Å². The molecular formula is C21H26N4O. The minimum absolute atomic E-state index is 0.243. The average Bonchev–Trinajstić information content (AvgIpc) is 3.16. The molecule has 136 valence electrons. The average molecular weight is 350 g/mol. The zero-order valence-corrected chi connectivity index (χ0v) is 15.7. The summed E-state index contributed by atoms with van der Waals surface area (Å²) in [5.41, 5.74) is 4.42. The third-order valence-electron chi connectivity index (χ3n) is 4.99. The largest absolute Gasteiger partial charge is 0.497 e. The number of aromatic nitrogens is 1. The van der Waals surface area contributed by atoms with Crippen LogP contribution in [-0.4, -0.2) is 36.6 Å². The molecule has 3 rings (SSSR count). The molecule has 0 bridgehead atoms. The molecule has 1 aliphatic heterocycles. The van der Waals surface area contributed by atoms with Gasteiger partial charge in [0, 0.05) is 12.2 Å². The lowest BCUT2D eigenvalue weighted by atomic mass is 10.0. The number of hydrogen-bond donors (Lipinski definition) is 1. The maximum Gasteiger partial charge on any atom is 0.119 e. The van der Waals surface area contributed by atoms with Crippen molar-refractivity contribution < 1.29 is 4.74 Å². The molecular weight excluding hydrogens is 324 g/mol. The van der Waals surface area contributed by atoms with Crippen LogP contribution in [0, 0.1) is 25.2 Å². The first-order valence-electron chi connectivity index (χ1n) is 9.12. The van der Waals surface area contributed by atoms with Gasteiger partial charge in [-0.15, -0.1) is 0 Å². The molecule has 1 atom stereocenters. The number of likely N-dealkylation sites (tertiary alicyclic amines) is 1. The number of pyridine rings is 1. The highest BCUT2D eigenvalue weighted by atomic mass is 16.5. The lowest BCUT2D eigenvalue weighted by Gasteiger charge is -2.29. The van der Waals surface area contributed by atoms with Crippen molar-refractivity contribution in [3.05, 3.63) is 52.8 Å². The Morgan fingerprint density at radius 2 is 2.04 bits per heavy atom. The van der Waals surface area contributed by atoms with Crippen LogP contribution in [0.15, 0.2) is 30.3 Å². The van der Waals surface area contributed by atoms with Crippen LogP contribution in [0.1, 0.15) is 41.4 Å². The first-order valence-corrected chi connectivity index (χ1v) is 9.12. The van der Waals surface area contributed by atoms with Gasteiger partial charge in [0.2, 0.25) is 0 Å². The molecule has 1 aromatic carbocycles. The van der Waals surface area contributed by atoms with Gasteiger partial charge in [0.15, 0.2) is 0 Å². The smallest absolute Gasteiger partial charge is 0.119 e. The number of benzene rings is 1. The zero-order valence-electron chi connectivity index (χ0n) is 15.7. The van der Waals surface area contributed by atoms with E-state index in [4.69, 9.17) is 4.74 Å². The van der Waals surface area contributed by atoms with Gasteiger partial charge in [-0.3, -0.25) is 9.88 Å². The van der Waals surface area contributed by atoms with Crippen LogP contribution in [0.3, 0.4) is 0 Å². The number of nitrogens with one attached hydrogen (secondary N) is 1. The van der Waals surface area contributed by atoms with Gasteiger partial charge < -0.3 is 10.1 Å². The first-order chi connectivity index (χ1) is 12.6. The fourth-order valence-corrected chi connectivity index (χ4v) is 3.68. The van der Waals surface area contributed by atoms with Gasteiger partial charge in [0.05, 0.1) is 30.1 Å². The molecule has 0 amide bonds. The van der Waals surface area contributed by atoms with E-state index < -0.39 is 0 Å². The molecule has 2 heterocycles. The molecule has 5 heteroatoms. The highest BCUT2D eigenvalue weighted by Crippen LogP contribution is 2.29. The molecule has 1 N–H and O–H groups in total. The molecule has 0 aliphatic carbocycles. The lowest BCUT2D eigenvalue weighted by Crippen LogP contribution is -2.31. The summed E-state index contributed by atoms with van der Waals surface area (Å²) in [5.74, 6) is 0.875. The number of nitrogens with zero attached hydrogens (tertiary/aromatic N) is 3. The molecule has 26 heavy (non-hydrogen) atoms. The summed E-state index contributed by atoms with van der Waals surface area (Å²) < 4.78 is 5.41. The Balaban J connectivity index is 1.86. The number of hydrogen-bond acceptors (Lipinski definition) is 5. The number of anilines is 1. The quantitative estimate of drug-likeness (QED) is 0.858. The zero-order chi connectivity index (χ0) is 18.5. The van der Waals surface area contributed by atoms with E-state index in [9.17, 15) is 5.26 Å². The van der Waals surface area contributed by atoms with Gasteiger partial charge in [0.1, 0.15) is 11.8 Å². The van der Waals surface area contributed by atoms with Crippen molar-refractivity contribution in [1.29, 1.82) is 5.26 Å². The van der Waals surface area contributed by atoms with Gasteiger partial charge in [-0.2, -0.15) is 5.26 Å². The van der Waals surface area contributed by atoms with Crippen molar-refractivity contribution in [2.24, 2.45) is 0 Å². The Morgan fingerprint density at radius 1 is 1.27 bits per heavy atom. The van der Waals surface area contributed by atoms with Gasteiger partial charge in [-0.05, 0) is 63.5 Å². The molecule has 1 aromatic heterocycles. The number of nitriles is 1. The normalized spacial score (nSPS) is 15.5. The minimum atomic E-state index is 0.243. The van der Waals surface area contributed by atoms with Crippen LogP contribution in [0.5, 0.6) is 5.75 Å². The summed E-state index contributed by atoms with van der Waals surface area (Å²) in [6, 6.07) is 12.8. The standard InChI is InChI=1S/C21H26N4O/c1-15-11-20(19(13-22)16(2)24-15)23-14-21(25-9-4-5-10-25)17-7-6-8-18(12-17)26-3/h6-8,11-12,21H,4-5,9-10,14H2,1-3H3,(H,23,24). The maximum atomic E-state index is 9.50. The molecule has 5 nitrogen and oxygen atoms in total. The fourth-order valence-electron chi connectivity index (χ4n) is 3.68. The summed E-state index contributed by atoms with van der Waals surface area (Å²) >= 11 is 0. The van der Waals surface area contributed by atoms with Crippen LogP contribution in [0.25, 0.3) is 0 Å². The monoisotopic (exact) mass is 350 g/mol. The van der Waals surface area contributed by atoms with Crippen LogP contribution in [-0.2, 0) is 0 Å². The van der Waals surface area contributed by atoms with Crippen molar-refractivity contribution in [3.8, 4) is 11.8 Å². The van der Waals surface area contributed by atoms with E-state index in [2.05, 4.69) is 33.4 Å². The summed E-state index contributed by atoms with van der Waals surface area (Å²) in [6.07, 6.45) is 2.47.